The van der Waals surface area contributed by atoms with E-state index in [0.717, 1.165) is 37.5 Å². The van der Waals surface area contributed by atoms with Gasteiger partial charge in [-0.15, -0.1) is 11.3 Å². The Morgan fingerprint density at radius 2 is 1.84 bits per heavy atom. The molecule has 168 valence electrons. The lowest BCUT2D eigenvalue weighted by atomic mass is 9.99. The van der Waals surface area contributed by atoms with Gasteiger partial charge < -0.3 is 14.5 Å². The summed E-state index contributed by atoms with van der Waals surface area (Å²) in [7, 11) is -3.74. The number of ether oxygens (including phenoxy) is 1. The van der Waals surface area contributed by atoms with Crippen LogP contribution in [0.1, 0.15) is 25.5 Å². The zero-order valence-corrected chi connectivity index (χ0v) is 19.3. The predicted molar refractivity (Wildman–Crippen MR) is 121 cm³/mol. The number of rotatable bonds is 6. The maximum absolute atomic E-state index is 12.8. The van der Waals surface area contributed by atoms with Crippen molar-refractivity contribution in [1.29, 1.82) is 0 Å². The van der Waals surface area contributed by atoms with Crippen LogP contribution in [0.15, 0.2) is 34.5 Å². The third-order valence-corrected chi connectivity index (χ3v) is 8.06. The third kappa shape index (κ3) is 5.55. The van der Waals surface area contributed by atoms with Gasteiger partial charge in [0.05, 0.1) is 30.2 Å². The minimum absolute atomic E-state index is 0.0225. The highest BCUT2D eigenvalue weighted by Crippen LogP contribution is 2.26. The first-order valence-electron chi connectivity index (χ1n) is 10.6. The molecule has 2 fully saturated rings. The highest BCUT2D eigenvalue weighted by Gasteiger charge is 2.21. The summed E-state index contributed by atoms with van der Waals surface area (Å²) >= 11 is 1.18. The fraction of sp³-hybridized carbons (Fsp3) is 0.524. The van der Waals surface area contributed by atoms with Gasteiger partial charge in [-0.05, 0) is 43.0 Å². The molecule has 1 aromatic heterocycles. The molecule has 2 saturated heterocycles. The summed E-state index contributed by atoms with van der Waals surface area (Å²) < 4.78 is 33.3. The molecule has 0 radical (unpaired) electrons. The van der Waals surface area contributed by atoms with E-state index in [9.17, 15) is 13.2 Å². The Morgan fingerprint density at radius 3 is 2.52 bits per heavy atom. The minimum atomic E-state index is -3.74. The fourth-order valence-electron chi connectivity index (χ4n) is 3.79. The number of benzene rings is 1. The van der Waals surface area contributed by atoms with Gasteiger partial charge in [0.2, 0.25) is 5.91 Å². The van der Waals surface area contributed by atoms with Crippen LogP contribution in [0.4, 0.5) is 10.8 Å². The van der Waals surface area contributed by atoms with Gasteiger partial charge in [0, 0.05) is 37.2 Å². The van der Waals surface area contributed by atoms with Gasteiger partial charge >= 0.3 is 0 Å². The number of morpholine rings is 1. The zero-order valence-electron chi connectivity index (χ0n) is 17.6. The standard InChI is InChI=1S/C21H28N4O4S2/c1-16-6-8-24(9-7-16)18-2-4-19(5-3-18)31(27,28)23-21-22-17(15-30-21)14-20(26)25-10-12-29-13-11-25/h2-5,15-16H,6-14H2,1H3,(H,22,23). The summed E-state index contributed by atoms with van der Waals surface area (Å²) in [5.74, 6) is 0.721. The van der Waals surface area contributed by atoms with Crippen LogP contribution in [0, 0.1) is 5.92 Å². The van der Waals surface area contributed by atoms with Gasteiger partial charge in [0.25, 0.3) is 10.0 Å². The van der Waals surface area contributed by atoms with E-state index in [1.54, 1.807) is 22.4 Å². The highest BCUT2D eigenvalue weighted by atomic mass is 32.2. The van der Waals surface area contributed by atoms with E-state index >= 15 is 0 Å². The molecule has 2 aromatic rings. The molecule has 1 amide bonds. The number of nitrogens with zero attached hydrogens (tertiary/aromatic N) is 3. The number of hydrogen-bond acceptors (Lipinski definition) is 7. The molecule has 0 bridgehead atoms. The van der Waals surface area contributed by atoms with Gasteiger partial charge in [0.1, 0.15) is 0 Å². The zero-order chi connectivity index (χ0) is 21.8. The van der Waals surface area contributed by atoms with E-state index in [4.69, 9.17) is 4.74 Å². The minimum Gasteiger partial charge on any atom is -0.378 e. The van der Waals surface area contributed by atoms with Crippen LogP contribution in [0.3, 0.4) is 0 Å². The second kappa shape index (κ2) is 9.54. The average Bonchev–Trinajstić information content (AvgIpc) is 3.21. The number of piperidine rings is 1. The molecule has 31 heavy (non-hydrogen) atoms. The molecule has 8 nitrogen and oxygen atoms in total. The SMILES string of the molecule is CC1CCN(c2ccc(S(=O)(=O)Nc3nc(CC(=O)N4CCOCC4)cs3)cc2)CC1. The number of thiazole rings is 1. The molecular weight excluding hydrogens is 436 g/mol. The van der Waals surface area contributed by atoms with E-state index < -0.39 is 10.0 Å². The lowest BCUT2D eigenvalue weighted by Gasteiger charge is -2.32. The van der Waals surface area contributed by atoms with Crippen LogP contribution in [0.5, 0.6) is 0 Å². The second-order valence-electron chi connectivity index (χ2n) is 8.08. The first kappa shape index (κ1) is 22.0. The maximum atomic E-state index is 12.8. The van der Waals surface area contributed by atoms with Crippen LogP contribution < -0.4 is 9.62 Å². The molecule has 10 heteroatoms. The van der Waals surface area contributed by atoms with Crippen molar-refractivity contribution in [2.45, 2.75) is 31.1 Å². The van der Waals surface area contributed by atoms with Crippen molar-refractivity contribution >= 4 is 38.1 Å². The van der Waals surface area contributed by atoms with Gasteiger partial charge in [-0.25, -0.2) is 13.4 Å². The lowest BCUT2D eigenvalue weighted by Crippen LogP contribution is -2.41. The van der Waals surface area contributed by atoms with Crippen LogP contribution in [-0.4, -0.2) is 63.6 Å². The quantitative estimate of drug-likeness (QED) is 0.707. The Hall–Kier alpha value is -2.17. The van der Waals surface area contributed by atoms with Crippen LogP contribution in [-0.2, 0) is 26.0 Å². The average molecular weight is 465 g/mol. The maximum Gasteiger partial charge on any atom is 0.263 e. The van der Waals surface area contributed by atoms with Gasteiger partial charge in [-0.3, -0.25) is 9.52 Å². The number of anilines is 2. The van der Waals surface area contributed by atoms with Crippen molar-refractivity contribution in [2.24, 2.45) is 5.92 Å². The van der Waals surface area contributed by atoms with E-state index in [1.807, 2.05) is 12.1 Å². The molecular formula is C21H28N4O4S2. The van der Waals surface area contributed by atoms with Crippen molar-refractivity contribution in [3.05, 3.63) is 35.3 Å². The lowest BCUT2D eigenvalue weighted by molar-refractivity contribution is -0.134. The van der Waals surface area contributed by atoms with E-state index in [1.165, 1.54) is 11.3 Å². The first-order chi connectivity index (χ1) is 14.9. The Morgan fingerprint density at radius 1 is 1.16 bits per heavy atom. The fourth-order valence-corrected chi connectivity index (χ4v) is 5.75. The summed E-state index contributed by atoms with van der Waals surface area (Å²) in [4.78, 5) is 20.9. The highest BCUT2D eigenvalue weighted by molar-refractivity contribution is 7.93. The summed E-state index contributed by atoms with van der Waals surface area (Å²) in [6.07, 6.45) is 2.46. The van der Waals surface area contributed by atoms with Gasteiger partial charge in [-0.2, -0.15) is 0 Å². The van der Waals surface area contributed by atoms with Crippen molar-refractivity contribution in [3.8, 4) is 0 Å². The van der Waals surface area contributed by atoms with E-state index in [2.05, 4.69) is 21.5 Å². The van der Waals surface area contributed by atoms with Crippen molar-refractivity contribution in [3.63, 3.8) is 0 Å². The smallest absolute Gasteiger partial charge is 0.263 e. The first-order valence-corrected chi connectivity index (χ1v) is 12.9. The van der Waals surface area contributed by atoms with Crippen LogP contribution in [0.2, 0.25) is 0 Å². The van der Waals surface area contributed by atoms with Crippen molar-refractivity contribution in [1.82, 2.24) is 9.88 Å². The molecule has 0 spiro atoms. The molecule has 0 atom stereocenters. The monoisotopic (exact) mass is 464 g/mol. The van der Waals surface area contributed by atoms with Crippen molar-refractivity contribution in [2.75, 3.05) is 49.0 Å². The number of hydrogen-bond donors (Lipinski definition) is 1. The number of carbonyl (C=O) groups is 1. The number of carbonyl (C=O) groups excluding carboxylic acids is 1. The number of aromatic nitrogens is 1. The van der Waals surface area contributed by atoms with E-state index in [-0.39, 0.29) is 22.4 Å². The summed E-state index contributed by atoms with van der Waals surface area (Å²) in [6, 6.07) is 6.98. The summed E-state index contributed by atoms with van der Waals surface area (Å²) in [5.41, 5.74) is 1.61. The molecule has 2 aliphatic rings. The third-order valence-electron chi connectivity index (χ3n) is 5.77. The largest absolute Gasteiger partial charge is 0.378 e. The predicted octanol–water partition coefficient (Wildman–Crippen LogP) is 2.58. The molecule has 0 saturated carbocycles. The summed E-state index contributed by atoms with van der Waals surface area (Å²) in [6.45, 7) is 6.51. The molecule has 4 rings (SSSR count). The summed E-state index contributed by atoms with van der Waals surface area (Å²) in [5, 5.41) is 1.98. The van der Waals surface area contributed by atoms with Crippen LogP contribution >= 0.6 is 11.3 Å². The molecule has 0 aliphatic carbocycles. The number of nitrogens with one attached hydrogen (secondary N) is 1. The Balaban J connectivity index is 1.37. The Bertz CT molecular complexity index is 993. The normalized spacial score (nSPS) is 18.2. The number of sulfonamides is 1. The molecule has 2 aliphatic heterocycles. The molecule has 1 N–H and O–H groups in total. The molecule has 1 aromatic carbocycles. The number of amides is 1. The van der Waals surface area contributed by atoms with Crippen molar-refractivity contribution < 1.29 is 17.9 Å². The van der Waals surface area contributed by atoms with Gasteiger partial charge in [-0.1, -0.05) is 6.92 Å². The Kier molecular flexibility index (Phi) is 6.78. The Labute approximate surface area is 187 Å². The van der Waals surface area contributed by atoms with E-state index in [0.29, 0.717) is 32.0 Å². The molecule has 0 unspecified atom stereocenters. The van der Waals surface area contributed by atoms with Crippen LogP contribution in [0.25, 0.3) is 0 Å². The molecule has 3 heterocycles. The topological polar surface area (TPSA) is 91.8 Å². The van der Waals surface area contributed by atoms with Gasteiger partial charge in [0.15, 0.2) is 5.13 Å². The second-order valence-corrected chi connectivity index (χ2v) is 10.6.